The van der Waals surface area contributed by atoms with Crippen molar-refractivity contribution in [2.45, 2.75) is 13.0 Å². The summed E-state index contributed by atoms with van der Waals surface area (Å²) in [5.41, 5.74) is 0. The number of aryl methyl sites for hydroxylation is 1. The smallest absolute Gasteiger partial charge is 0.329 e. The maximum absolute atomic E-state index is 10.2. The largest absolute Gasteiger partial charge is 0.480 e. The van der Waals surface area contributed by atoms with E-state index in [1.54, 1.807) is 23.9 Å². The molecule has 0 saturated heterocycles. The predicted molar refractivity (Wildman–Crippen MR) is 45.2 cm³/mol. The van der Waals surface area contributed by atoms with Crippen LogP contribution >= 0.6 is 0 Å². The van der Waals surface area contributed by atoms with Gasteiger partial charge in [-0.1, -0.05) is 0 Å². The van der Waals surface area contributed by atoms with Crippen molar-refractivity contribution in [2.75, 3.05) is 6.61 Å². The molecule has 0 aliphatic heterocycles. The van der Waals surface area contributed by atoms with Crippen LogP contribution in [0.1, 0.15) is 18.9 Å². The summed E-state index contributed by atoms with van der Waals surface area (Å²) >= 11 is 0. The second-order valence-electron chi connectivity index (χ2n) is 2.74. The highest BCUT2D eigenvalue weighted by Gasteiger charge is 2.11. The van der Waals surface area contributed by atoms with Gasteiger partial charge in [0.25, 0.3) is 0 Å². The van der Waals surface area contributed by atoms with Gasteiger partial charge in [-0.2, -0.15) is 0 Å². The Hall–Kier alpha value is -1.36. The molecule has 0 fully saturated rings. The highest BCUT2D eigenvalue weighted by Crippen LogP contribution is 2.12. The fourth-order valence-corrected chi connectivity index (χ4v) is 1.04. The first-order valence-corrected chi connectivity index (χ1v) is 3.92. The maximum Gasteiger partial charge on any atom is 0.329 e. The van der Waals surface area contributed by atoms with Gasteiger partial charge in [0, 0.05) is 19.4 Å². The average molecular weight is 184 g/mol. The number of rotatable bonds is 4. The number of imidazole rings is 1. The predicted octanol–water partition coefficient (Wildman–Crippen LogP) is 0.582. The van der Waals surface area contributed by atoms with Crippen LogP contribution in [0.15, 0.2) is 12.4 Å². The molecule has 1 aromatic heterocycles. The zero-order valence-corrected chi connectivity index (χ0v) is 7.60. The lowest BCUT2D eigenvalue weighted by Crippen LogP contribution is -2.12. The average Bonchev–Trinajstić information content (AvgIpc) is 2.47. The molecule has 1 N–H and O–H groups in total. The van der Waals surface area contributed by atoms with E-state index in [0.29, 0.717) is 0 Å². The first-order valence-electron chi connectivity index (χ1n) is 3.92. The van der Waals surface area contributed by atoms with E-state index in [2.05, 4.69) is 4.98 Å². The Kier molecular flexibility index (Phi) is 3.02. The van der Waals surface area contributed by atoms with Gasteiger partial charge in [-0.05, 0) is 6.92 Å². The SMILES string of the molecule is C[C@H](OCC(=O)O)c1nccn1C. The summed E-state index contributed by atoms with van der Waals surface area (Å²) in [6.07, 6.45) is 3.14. The van der Waals surface area contributed by atoms with Gasteiger partial charge in [-0.25, -0.2) is 9.78 Å². The second kappa shape index (κ2) is 4.04. The topological polar surface area (TPSA) is 64.3 Å². The number of hydrogen-bond acceptors (Lipinski definition) is 3. The summed E-state index contributed by atoms with van der Waals surface area (Å²) in [5.74, 6) is -0.248. The third-order valence-corrected chi connectivity index (χ3v) is 1.68. The summed E-state index contributed by atoms with van der Waals surface area (Å²) < 4.78 is 6.84. The second-order valence-corrected chi connectivity index (χ2v) is 2.74. The van der Waals surface area contributed by atoms with Crippen LogP contribution in [0.2, 0.25) is 0 Å². The van der Waals surface area contributed by atoms with E-state index in [4.69, 9.17) is 9.84 Å². The molecule has 0 bridgehead atoms. The van der Waals surface area contributed by atoms with E-state index in [1.807, 2.05) is 7.05 Å². The van der Waals surface area contributed by atoms with Crippen molar-refractivity contribution in [2.24, 2.45) is 7.05 Å². The van der Waals surface area contributed by atoms with E-state index in [-0.39, 0.29) is 12.7 Å². The van der Waals surface area contributed by atoms with Crippen molar-refractivity contribution in [3.63, 3.8) is 0 Å². The maximum atomic E-state index is 10.2. The summed E-state index contributed by atoms with van der Waals surface area (Å²) in [5, 5.41) is 8.38. The van der Waals surface area contributed by atoms with Gasteiger partial charge in [0.15, 0.2) is 0 Å². The summed E-state index contributed by atoms with van der Waals surface area (Å²) in [6.45, 7) is 1.47. The first kappa shape index (κ1) is 9.73. The zero-order valence-electron chi connectivity index (χ0n) is 7.60. The van der Waals surface area contributed by atoms with E-state index >= 15 is 0 Å². The Bertz CT molecular complexity index is 295. The minimum atomic E-state index is -0.971. The molecular weight excluding hydrogens is 172 g/mol. The van der Waals surface area contributed by atoms with Crippen LogP contribution in [-0.2, 0) is 16.6 Å². The molecule has 1 aromatic rings. The molecule has 72 valence electrons. The molecule has 5 nitrogen and oxygen atoms in total. The van der Waals surface area contributed by atoms with Crippen LogP contribution in [0.5, 0.6) is 0 Å². The molecule has 0 saturated carbocycles. The fourth-order valence-electron chi connectivity index (χ4n) is 1.04. The first-order chi connectivity index (χ1) is 6.11. The molecule has 0 aromatic carbocycles. The lowest BCUT2D eigenvalue weighted by atomic mass is 10.4. The van der Waals surface area contributed by atoms with Gasteiger partial charge >= 0.3 is 5.97 Å². The standard InChI is InChI=1S/C8H12N2O3/c1-6(13-5-7(11)12)8-9-3-4-10(8)2/h3-4,6H,5H2,1-2H3,(H,11,12)/t6-/m0/s1. The van der Waals surface area contributed by atoms with Gasteiger partial charge in [0.1, 0.15) is 18.5 Å². The Morgan fingerprint density at radius 1 is 1.85 bits per heavy atom. The van der Waals surface area contributed by atoms with Gasteiger partial charge < -0.3 is 14.4 Å². The van der Waals surface area contributed by atoms with Crippen LogP contribution < -0.4 is 0 Å². The third-order valence-electron chi connectivity index (χ3n) is 1.68. The van der Waals surface area contributed by atoms with Crippen molar-refractivity contribution < 1.29 is 14.6 Å². The monoisotopic (exact) mass is 184 g/mol. The van der Waals surface area contributed by atoms with Gasteiger partial charge in [-0.15, -0.1) is 0 Å². The Balaban J connectivity index is 2.53. The molecule has 1 heterocycles. The lowest BCUT2D eigenvalue weighted by Gasteiger charge is -2.10. The minimum absolute atomic E-state index is 0.295. The van der Waals surface area contributed by atoms with Crippen LogP contribution in [0.4, 0.5) is 0 Å². The Morgan fingerprint density at radius 2 is 2.54 bits per heavy atom. The van der Waals surface area contributed by atoms with Crippen molar-refractivity contribution in [1.82, 2.24) is 9.55 Å². The van der Waals surface area contributed by atoms with E-state index in [9.17, 15) is 4.79 Å². The highest BCUT2D eigenvalue weighted by molar-refractivity contribution is 5.68. The zero-order chi connectivity index (χ0) is 9.84. The molecule has 13 heavy (non-hydrogen) atoms. The number of aliphatic carboxylic acids is 1. The Morgan fingerprint density at radius 3 is 3.00 bits per heavy atom. The Labute approximate surface area is 76.0 Å². The number of aromatic nitrogens is 2. The minimum Gasteiger partial charge on any atom is -0.480 e. The number of hydrogen-bond donors (Lipinski definition) is 1. The number of ether oxygens (including phenoxy) is 1. The number of carbonyl (C=O) groups is 1. The molecule has 5 heteroatoms. The van der Waals surface area contributed by atoms with E-state index in [1.165, 1.54) is 0 Å². The molecule has 0 aliphatic carbocycles. The van der Waals surface area contributed by atoms with Crippen LogP contribution in [-0.4, -0.2) is 27.2 Å². The normalized spacial score (nSPS) is 12.8. The highest BCUT2D eigenvalue weighted by atomic mass is 16.5. The summed E-state index contributed by atoms with van der Waals surface area (Å²) in [7, 11) is 1.84. The van der Waals surface area contributed by atoms with E-state index in [0.717, 1.165) is 5.82 Å². The van der Waals surface area contributed by atoms with Crippen molar-refractivity contribution in [1.29, 1.82) is 0 Å². The number of carboxylic acid groups (broad SMARTS) is 1. The molecule has 0 amide bonds. The van der Waals surface area contributed by atoms with Gasteiger partial charge in [0.2, 0.25) is 0 Å². The van der Waals surface area contributed by atoms with Crippen LogP contribution in [0.3, 0.4) is 0 Å². The quantitative estimate of drug-likeness (QED) is 0.743. The molecule has 1 atom stereocenters. The third kappa shape index (κ3) is 2.55. The fraction of sp³-hybridized carbons (Fsp3) is 0.500. The van der Waals surface area contributed by atoms with Crippen LogP contribution in [0, 0.1) is 0 Å². The van der Waals surface area contributed by atoms with Gasteiger partial charge in [0.05, 0.1) is 0 Å². The summed E-state index contributed by atoms with van der Waals surface area (Å²) in [6, 6.07) is 0. The number of nitrogens with zero attached hydrogens (tertiary/aromatic N) is 2. The van der Waals surface area contributed by atoms with Crippen molar-refractivity contribution in [3.05, 3.63) is 18.2 Å². The molecule has 0 radical (unpaired) electrons. The van der Waals surface area contributed by atoms with Crippen molar-refractivity contribution in [3.8, 4) is 0 Å². The van der Waals surface area contributed by atoms with Gasteiger partial charge in [-0.3, -0.25) is 0 Å². The molecule has 0 aliphatic rings. The van der Waals surface area contributed by atoms with Crippen molar-refractivity contribution >= 4 is 5.97 Å². The molecule has 1 rings (SSSR count). The van der Waals surface area contributed by atoms with E-state index < -0.39 is 5.97 Å². The lowest BCUT2D eigenvalue weighted by molar-refractivity contribution is -0.144. The molecule has 0 unspecified atom stereocenters. The van der Waals surface area contributed by atoms with Crippen LogP contribution in [0.25, 0.3) is 0 Å². The molecular formula is C8H12N2O3. The molecule has 0 spiro atoms. The summed E-state index contributed by atoms with van der Waals surface area (Å²) in [4.78, 5) is 14.2. The number of carboxylic acids is 1.